The molecule has 6 nitrogen and oxygen atoms in total. The number of allylic oxidation sites excluding steroid dienone is 1. The van der Waals surface area contributed by atoms with Crippen LogP contribution in [0.2, 0.25) is 0 Å². The highest BCUT2D eigenvalue weighted by atomic mass is 32.1. The van der Waals surface area contributed by atoms with Crippen molar-refractivity contribution in [1.29, 1.82) is 0 Å². The zero-order chi connectivity index (χ0) is 24.1. The van der Waals surface area contributed by atoms with Crippen LogP contribution in [-0.2, 0) is 11.2 Å². The molecule has 2 N–H and O–H groups in total. The van der Waals surface area contributed by atoms with Gasteiger partial charge < -0.3 is 15.2 Å². The number of hydrogen-bond donors (Lipinski definition) is 2. The molecule has 1 amide bonds. The van der Waals surface area contributed by atoms with Crippen LogP contribution in [0.1, 0.15) is 26.5 Å². The Labute approximate surface area is 199 Å². The van der Waals surface area contributed by atoms with E-state index in [4.69, 9.17) is 4.74 Å². The predicted octanol–water partition coefficient (Wildman–Crippen LogP) is 3.66. The fourth-order valence-corrected chi connectivity index (χ4v) is 4.50. The van der Waals surface area contributed by atoms with Crippen LogP contribution in [0.15, 0.2) is 65.1 Å². The quantitative estimate of drug-likeness (QED) is 0.487. The Morgan fingerprint density at radius 2 is 2.03 bits per heavy atom. The van der Waals surface area contributed by atoms with Crippen molar-refractivity contribution in [2.45, 2.75) is 18.6 Å². The summed E-state index contributed by atoms with van der Waals surface area (Å²) in [5, 5.41) is 15.2. The number of nitrogens with zero attached hydrogens (tertiary/aromatic N) is 2. The Balaban J connectivity index is 1.62. The molecule has 176 valence electrons. The van der Waals surface area contributed by atoms with Crippen molar-refractivity contribution >= 4 is 28.5 Å². The number of carbonyl (C=O) groups excluding carboxylic acids is 1. The van der Waals surface area contributed by atoms with Crippen molar-refractivity contribution < 1.29 is 23.4 Å². The highest BCUT2D eigenvalue weighted by Gasteiger charge is 2.27. The van der Waals surface area contributed by atoms with Gasteiger partial charge in [-0.2, -0.15) is 0 Å². The van der Waals surface area contributed by atoms with E-state index in [1.807, 2.05) is 5.38 Å². The first-order chi connectivity index (χ1) is 16.5. The van der Waals surface area contributed by atoms with Gasteiger partial charge in [-0.05, 0) is 41.5 Å². The first-order valence-electron chi connectivity index (χ1n) is 10.6. The Hall–Kier alpha value is -3.27. The average molecular weight is 484 g/mol. The molecule has 3 aromatic rings. The number of aliphatic hydroxyl groups excluding tert-OH is 1. The predicted molar refractivity (Wildman–Crippen MR) is 127 cm³/mol. The number of methoxy groups -OCH3 is 1. The highest BCUT2D eigenvalue weighted by Crippen LogP contribution is 2.25. The molecule has 2 heterocycles. The van der Waals surface area contributed by atoms with E-state index in [2.05, 4.69) is 15.3 Å². The zero-order valence-electron chi connectivity index (χ0n) is 18.4. The van der Waals surface area contributed by atoms with Crippen LogP contribution < -0.4 is 5.32 Å². The van der Waals surface area contributed by atoms with Crippen molar-refractivity contribution in [3.05, 3.63) is 93.4 Å². The van der Waals surface area contributed by atoms with E-state index in [1.165, 1.54) is 48.8 Å². The summed E-state index contributed by atoms with van der Waals surface area (Å²) in [6.07, 6.45) is 3.05. The third kappa shape index (κ3) is 5.27. The number of benzene rings is 2. The number of amides is 1. The van der Waals surface area contributed by atoms with Gasteiger partial charge in [0, 0.05) is 30.7 Å². The number of rotatable bonds is 9. The molecule has 0 fully saturated rings. The number of ether oxygens (including phenoxy) is 1. The van der Waals surface area contributed by atoms with Crippen LogP contribution in [0.25, 0.3) is 5.57 Å². The monoisotopic (exact) mass is 483 g/mol. The van der Waals surface area contributed by atoms with Crippen LogP contribution in [0.4, 0.5) is 8.78 Å². The number of halogens is 2. The summed E-state index contributed by atoms with van der Waals surface area (Å²) < 4.78 is 33.6. The second-order valence-electron chi connectivity index (χ2n) is 7.71. The van der Waals surface area contributed by atoms with Gasteiger partial charge in [0.15, 0.2) is 0 Å². The maximum absolute atomic E-state index is 15.0. The molecular formula is C25H23F2N3O3S. The summed E-state index contributed by atoms with van der Waals surface area (Å²) in [7, 11) is 1.45. The van der Waals surface area contributed by atoms with Gasteiger partial charge >= 0.3 is 0 Å². The second-order valence-corrected chi connectivity index (χ2v) is 8.69. The van der Waals surface area contributed by atoms with E-state index in [1.54, 1.807) is 24.4 Å². The summed E-state index contributed by atoms with van der Waals surface area (Å²) in [4.78, 5) is 22.0. The van der Waals surface area contributed by atoms with Gasteiger partial charge in [0.2, 0.25) is 0 Å². The van der Waals surface area contributed by atoms with Gasteiger partial charge in [-0.15, -0.1) is 11.3 Å². The second kappa shape index (κ2) is 10.8. The lowest BCUT2D eigenvalue weighted by atomic mass is 9.98. The van der Waals surface area contributed by atoms with E-state index in [0.717, 1.165) is 16.1 Å². The minimum absolute atomic E-state index is 0.0862. The topological polar surface area (TPSA) is 83.8 Å². The van der Waals surface area contributed by atoms with Gasteiger partial charge in [-0.25, -0.2) is 13.8 Å². The van der Waals surface area contributed by atoms with Crippen molar-refractivity contribution in [1.82, 2.24) is 10.3 Å². The third-order valence-corrected chi connectivity index (χ3v) is 6.39. The van der Waals surface area contributed by atoms with Crippen LogP contribution in [-0.4, -0.2) is 54.1 Å². The summed E-state index contributed by atoms with van der Waals surface area (Å²) >= 11 is 1.43. The first kappa shape index (κ1) is 23.9. The minimum Gasteiger partial charge on any atom is -0.394 e. The number of thiazole rings is 1. The van der Waals surface area contributed by atoms with E-state index in [-0.39, 0.29) is 23.6 Å². The SMILES string of the molecule is CO[C@H](CO)[C@@H](Cc1nccs1)NC(=O)c1cccc(F)c1C1=NCC(c2ccc(F)cc2)=C1. The van der Waals surface area contributed by atoms with Crippen molar-refractivity contribution in [3.8, 4) is 0 Å². The molecule has 9 heteroatoms. The Kier molecular flexibility index (Phi) is 7.56. The number of aromatic nitrogens is 1. The molecule has 0 bridgehead atoms. The largest absolute Gasteiger partial charge is 0.394 e. The van der Waals surface area contributed by atoms with Gasteiger partial charge in [-0.1, -0.05) is 18.2 Å². The van der Waals surface area contributed by atoms with Crippen molar-refractivity contribution in [3.63, 3.8) is 0 Å². The van der Waals surface area contributed by atoms with E-state index < -0.39 is 23.9 Å². The van der Waals surface area contributed by atoms with E-state index >= 15 is 0 Å². The molecule has 0 spiro atoms. The molecule has 1 aliphatic rings. The van der Waals surface area contributed by atoms with Crippen LogP contribution in [0, 0.1) is 11.6 Å². The van der Waals surface area contributed by atoms with Crippen molar-refractivity contribution in [2.75, 3.05) is 20.3 Å². The molecule has 4 rings (SSSR count). The lowest BCUT2D eigenvalue weighted by Crippen LogP contribution is -2.47. The summed E-state index contributed by atoms with van der Waals surface area (Å²) in [6.45, 7) is -0.0153. The Morgan fingerprint density at radius 1 is 1.24 bits per heavy atom. The van der Waals surface area contributed by atoms with E-state index in [9.17, 15) is 18.7 Å². The van der Waals surface area contributed by atoms with Gasteiger partial charge in [0.25, 0.3) is 5.91 Å². The molecule has 1 aromatic heterocycles. The maximum Gasteiger partial charge on any atom is 0.252 e. The molecule has 0 saturated carbocycles. The average Bonchev–Trinajstić information content (AvgIpc) is 3.52. The summed E-state index contributed by atoms with van der Waals surface area (Å²) in [5.41, 5.74) is 2.11. The standard InChI is InChI=1S/C25H23F2N3O3S/c1-33-22(14-31)20(12-23-28-9-10-34-23)30-25(32)18-3-2-4-19(27)24(18)21-11-16(13-29-21)15-5-7-17(26)8-6-15/h2-11,20,22,31H,12-14H2,1H3,(H,30,32)/t20-,22-/m1/s1. The van der Waals surface area contributed by atoms with Gasteiger partial charge in [-0.3, -0.25) is 9.79 Å². The van der Waals surface area contributed by atoms with Crippen LogP contribution in [0.3, 0.4) is 0 Å². The normalized spacial score (nSPS) is 14.9. The lowest BCUT2D eigenvalue weighted by Gasteiger charge is -2.25. The first-order valence-corrected chi connectivity index (χ1v) is 11.5. The van der Waals surface area contributed by atoms with Crippen LogP contribution in [0.5, 0.6) is 0 Å². The summed E-state index contributed by atoms with van der Waals surface area (Å²) in [5.74, 6) is -1.44. The molecule has 1 aliphatic heterocycles. The molecule has 0 radical (unpaired) electrons. The number of aliphatic hydroxyl groups is 1. The Morgan fingerprint density at radius 3 is 2.71 bits per heavy atom. The Bertz CT molecular complexity index is 1210. The summed E-state index contributed by atoms with van der Waals surface area (Å²) in [6, 6.07) is 9.66. The van der Waals surface area contributed by atoms with E-state index in [0.29, 0.717) is 18.7 Å². The highest BCUT2D eigenvalue weighted by molar-refractivity contribution is 7.09. The molecule has 2 aromatic carbocycles. The fraction of sp³-hybridized carbons (Fsp3) is 0.240. The zero-order valence-corrected chi connectivity index (χ0v) is 19.2. The molecule has 0 aliphatic carbocycles. The number of nitrogens with one attached hydrogen (secondary N) is 1. The molecular weight excluding hydrogens is 460 g/mol. The lowest BCUT2D eigenvalue weighted by molar-refractivity contribution is 0.0215. The van der Waals surface area contributed by atoms with Gasteiger partial charge in [0.05, 0.1) is 35.5 Å². The number of carbonyl (C=O) groups is 1. The fourth-order valence-electron chi connectivity index (χ4n) is 3.82. The number of aliphatic imine (C=N–C) groups is 1. The van der Waals surface area contributed by atoms with Gasteiger partial charge in [0.1, 0.15) is 17.7 Å². The third-order valence-electron chi connectivity index (χ3n) is 5.59. The smallest absolute Gasteiger partial charge is 0.252 e. The number of hydrogen-bond acceptors (Lipinski definition) is 6. The maximum atomic E-state index is 15.0. The van der Waals surface area contributed by atoms with Crippen LogP contribution >= 0.6 is 11.3 Å². The molecule has 0 unspecified atom stereocenters. The molecule has 2 atom stereocenters. The molecule has 0 saturated heterocycles. The van der Waals surface area contributed by atoms with Crippen molar-refractivity contribution in [2.24, 2.45) is 4.99 Å². The molecule has 34 heavy (non-hydrogen) atoms. The minimum atomic E-state index is -0.668.